The number of hydrogen-bond acceptors (Lipinski definition) is 6. The minimum atomic E-state index is -0.775. The van der Waals surface area contributed by atoms with E-state index in [-0.39, 0.29) is 31.1 Å². The highest BCUT2D eigenvalue weighted by atomic mass is 16.6. The summed E-state index contributed by atoms with van der Waals surface area (Å²) < 4.78 is 17.0. The Labute approximate surface area is 474 Å². The average Bonchev–Trinajstić information content (AvgIpc) is 3.42. The summed E-state index contributed by atoms with van der Waals surface area (Å²) in [6, 6.07) is 0. The van der Waals surface area contributed by atoms with Crippen LogP contribution >= 0.6 is 0 Å². The minimum Gasteiger partial charge on any atom is -0.462 e. The van der Waals surface area contributed by atoms with Crippen molar-refractivity contribution in [3.05, 3.63) is 36.5 Å². The number of hydrogen-bond donors (Lipinski definition) is 0. The van der Waals surface area contributed by atoms with Gasteiger partial charge in [0.15, 0.2) is 6.10 Å². The third-order valence-corrected chi connectivity index (χ3v) is 15.4. The van der Waals surface area contributed by atoms with Gasteiger partial charge in [0.05, 0.1) is 0 Å². The molecule has 0 bridgehead atoms. The van der Waals surface area contributed by atoms with Crippen molar-refractivity contribution in [3.8, 4) is 0 Å². The van der Waals surface area contributed by atoms with E-state index in [2.05, 4.69) is 57.2 Å². The summed E-state index contributed by atoms with van der Waals surface area (Å²) in [4.78, 5) is 38.4. The van der Waals surface area contributed by atoms with Crippen molar-refractivity contribution in [2.75, 3.05) is 13.2 Å². The molecule has 0 saturated carbocycles. The van der Waals surface area contributed by atoms with Gasteiger partial charge in [0, 0.05) is 19.3 Å². The van der Waals surface area contributed by atoms with E-state index in [0.29, 0.717) is 19.3 Å². The van der Waals surface area contributed by atoms with Gasteiger partial charge in [0.2, 0.25) is 0 Å². The van der Waals surface area contributed by atoms with Crippen LogP contribution in [-0.4, -0.2) is 37.2 Å². The lowest BCUT2D eigenvalue weighted by atomic mass is 10.0. The zero-order valence-corrected chi connectivity index (χ0v) is 51.3. The molecule has 76 heavy (non-hydrogen) atoms. The molecule has 1 atom stereocenters. The number of unbranched alkanes of at least 4 members (excludes halogenated alkanes) is 46. The van der Waals surface area contributed by atoms with Gasteiger partial charge in [-0.15, -0.1) is 0 Å². The van der Waals surface area contributed by atoms with Crippen molar-refractivity contribution in [3.63, 3.8) is 0 Å². The fourth-order valence-corrected chi connectivity index (χ4v) is 10.2. The maximum Gasteiger partial charge on any atom is 0.306 e. The Morgan fingerprint density at radius 3 is 0.763 bits per heavy atom. The van der Waals surface area contributed by atoms with Crippen LogP contribution in [0.25, 0.3) is 0 Å². The van der Waals surface area contributed by atoms with E-state index < -0.39 is 6.10 Å². The van der Waals surface area contributed by atoms with Crippen LogP contribution in [0.1, 0.15) is 374 Å². The second kappa shape index (κ2) is 65.2. The highest BCUT2D eigenvalue weighted by Crippen LogP contribution is 2.18. The lowest BCUT2D eigenvalue weighted by molar-refractivity contribution is -0.167. The van der Waals surface area contributed by atoms with E-state index in [1.165, 1.54) is 263 Å². The van der Waals surface area contributed by atoms with Gasteiger partial charge in [-0.1, -0.05) is 314 Å². The summed E-state index contributed by atoms with van der Waals surface area (Å²) >= 11 is 0. The zero-order valence-electron chi connectivity index (χ0n) is 51.3. The Hall–Kier alpha value is -2.37. The summed E-state index contributed by atoms with van der Waals surface area (Å²) in [6.45, 7) is 6.68. The number of esters is 3. The van der Waals surface area contributed by atoms with Crippen molar-refractivity contribution in [2.24, 2.45) is 0 Å². The molecule has 0 radical (unpaired) electrons. The Kier molecular flexibility index (Phi) is 63.1. The third-order valence-electron chi connectivity index (χ3n) is 15.4. The maximum atomic E-state index is 12.9. The molecule has 0 aliphatic carbocycles. The van der Waals surface area contributed by atoms with Crippen LogP contribution < -0.4 is 0 Å². The summed E-state index contributed by atoms with van der Waals surface area (Å²) in [5, 5.41) is 0. The average molecular weight is 1070 g/mol. The van der Waals surface area contributed by atoms with Crippen LogP contribution in [0, 0.1) is 0 Å². The highest BCUT2D eigenvalue weighted by molar-refractivity contribution is 5.71. The van der Waals surface area contributed by atoms with E-state index in [0.717, 1.165) is 70.6 Å². The topological polar surface area (TPSA) is 78.9 Å². The number of carbonyl (C=O) groups is 3. The highest BCUT2D eigenvalue weighted by Gasteiger charge is 2.19. The van der Waals surface area contributed by atoms with Crippen molar-refractivity contribution >= 4 is 17.9 Å². The molecule has 0 aromatic heterocycles. The number of ether oxygens (including phenoxy) is 3. The van der Waals surface area contributed by atoms with Gasteiger partial charge >= 0.3 is 17.9 Å². The first kappa shape index (κ1) is 73.6. The normalized spacial score (nSPS) is 12.2. The van der Waals surface area contributed by atoms with Crippen LogP contribution in [0.15, 0.2) is 36.5 Å². The largest absolute Gasteiger partial charge is 0.462 e. The van der Waals surface area contributed by atoms with E-state index in [1.807, 2.05) is 0 Å². The smallest absolute Gasteiger partial charge is 0.306 e. The molecule has 0 aromatic rings. The van der Waals surface area contributed by atoms with Crippen molar-refractivity contribution in [1.82, 2.24) is 0 Å². The van der Waals surface area contributed by atoms with Gasteiger partial charge in [-0.05, 0) is 77.0 Å². The second-order valence-electron chi connectivity index (χ2n) is 23.1. The molecular weight excluding hydrogens is 937 g/mol. The molecular formula is C70H130O6. The Bertz CT molecular complexity index is 1270. The molecule has 0 amide bonds. The first-order valence-corrected chi connectivity index (χ1v) is 34.0. The molecule has 0 fully saturated rings. The molecule has 0 rings (SSSR count). The van der Waals surface area contributed by atoms with Crippen LogP contribution in [0.3, 0.4) is 0 Å². The lowest BCUT2D eigenvalue weighted by Gasteiger charge is -2.18. The van der Waals surface area contributed by atoms with Crippen molar-refractivity contribution in [1.29, 1.82) is 0 Å². The molecule has 6 nitrogen and oxygen atoms in total. The van der Waals surface area contributed by atoms with E-state index >= 15 is 0 Å². The van der Waals surface area contributed by atoms with Crippen molar-refractivity contribution in [2.45, 2.75) is 380 Å². The first-order valence-electron chi connectivity index (χ1n) is 34.0. The second-order valence-corrected chi connectivity index (χ2v) is 23.1. The Balaban J connectivity index is 4.31. The fraction of sp³-hybridized carbons (Fsp3) is 0.871. The molecule has 1 unspecified atom stereocenters. The minimum absolute atomic E-state index is 0.0708. The molecule has 0 saturated heterocycles. The SMILES string of the molecule is CCCCC/C=C\C/C=C\CCCCCCCCCC(=O)OCC(COC(=O)CCCCCCCCCCCCCCCCCCCCCCCC)OC(=O)CCCCCCCCCCC/C=C\CCCCCCCC. The summed E-state index contributed by atoms with van der Waals surface area (Å²) in [5.41, 5.74) is 0. The van der Waals surface area contributed by atoms with Gasteiger partial charge in [0.1, 0.15) is 13.2 Å². The van der Waals surface area contributed by atoms with Gasteiger partial charge in [-0.2, -0.15) is 0 Å². The van der Waals surface area contributed by atoms with E-state index in [1.54, 1.807) is 0 Å². The standard InChI is InChI=1S/C70H130O6/c1-4-7-10-13-16-19-22-25-28-31-33-34-35-37-39-42-45-48-51-54-57-60-63-69(72)75-66-67(65-74-68(71)62-59-56-53-50-47-44-41-38-30-27-24-21-18-15-12-9-6-3)76-70(73)64-61-58-55-52-49-46-43-40-36-32-29-26-23-20-17-14-11-8-5-2/h18,21,26-27,29-30,67H,4-17,19-20,22-25,28,31-66H2,1-3H3/b21-18-,29-26-,30-27-. The van der Waals surface area contributed by atoms with Crippen LogP contribution in [-0.2, 0) is 28.6 Å². The van der Waals surface area contributed by atoms with Crippen molar-refractivity contribution < 1.29 is 28.6 Å². The lowest BCUT2D eigenvalue weighted by Crippen LogP contribution is -2.30. The van der Waals surface area contributed by atoms with Crippen LogP contribution in [0.5, 0.6) is 0 Å². The number of allylic oxidation sites excluding steroid dienone is 6. The van der Waals surface area contributed by atoms with Gasteiger partial charge < -0.3 is 14.2 Å². The Morgan fingerprint density at radius 2 is 0.474 bits per heavy atom. The molecule has 0 N–H and O–H groups in total. The van der Waals surface area contributed by atoms with Gasteiger partial charge in [0.25, 0.3) is 0 Å². The zero-order chi connectivity index (χ0) is 55.0. The fourth-order valence-electron chi connectivity index (χ4n) is 10.2. The summed E-state index contributed by atoms with van der Waals surface area (Å²) in [5.74, 6) is -0.854. The number of rotatable bonds is 63. The third kappa shape index (κ3) is 62.5. The molecule has 0 aliphatic heterocycles. The van der Waals surface area contributed by atoms with Crippen LogP contribution in [0.2, 0.25) is 0 Å². The van der Waals surface area contributed by atoms with Gasteiger partial charge in [-0.25, -0.2) is 0 Å². The first-order chi connectivity index (χ1) is 37.5. The summed E-state index contributed by atoms with van der Waals surface area (Å²) in [7, 11) is 0. The molecule has 0 spiro atoms. The van der Waals surface area contributed by atoms with Gasteiger partial charge in [-0.3, -0.25) is 14.4 Å². The predicted octanol–water partition coefficient (Wildman–Crippen LogP) is 23.2. The Morgan fingerprint density at radius 1 is 0.263 bits per heavy atom. The molecule has 0 aliphatic rings. The molecule has 446 valence electrons. The molecule has 0 heterocycles. The predicted molar refractivity (Wildman–Crippen MR) is 330 cm³/mol. The molecule has 6 heteroatoms. The van der Waals surface area contributed by atoms with Crippen LogP contribution in [0.4, 0.5) is 0 Å². The van der Waals surface area contributed by atoms with E-state index in [4.69, 9.17) is 14.2 Å². The monoisotopic (exact) mass is 1070 g/mol. The number of carbonyl (C=O) groups excluding carboxylic acids is 3. The molecule has 0 aromatic carbocycles. The summed E-state index contributed by atoms with van der Waals surface area (Å²) in [6.07, 6.45) is 80.1. The maximum absolute atomic E-state index is 12.9. The quantitative estimate of drug-likeness (QED) is 0.0261. The van der Waals surface area contributed by atoms with E-state index in [9.17, 15) is 14.4 Å².